The zero-order valence-electron chi connectivity index (χ0n) is 9.69. The van der Waals surface area contributed by atoms with Crippen molar-refractivity contribution >= 4 is 15.9 Å². The minimum absolute atomic E-state index is 0. The van der Waals surface area contributed by atoms with E-state index in [4.69, 9.17) is 0 Å². The summed E-state index contributed by atoms with van der Waals surface area (Å²) in [6.07, 6.45) is 2.35. The minimum Gasteiger partial charge on any atom is -0.747 e. The Morgan fingerprint density at radius 3 is 2.19 bits per heavy atom. The molecule has 0 heterocycles. The van der Waals surface area contributed by atoms with Crippen LogP contribution in [0.4, 0.5) is 0 Å². The summed E-state index contributed by atoms with van der Waals surface area (Å²) in [5, 5.41) is 0. The van der Waals surface area contributed by atoms with E-state index in [0.29, 0.717) is 0 Å². The van der Waals surface area contributed by atoms with Crippen LogP contribution < -0.4 is 0 Å². The standard InChI is InChI=1S/C9H13.C5H4Br.Fe/c1-3-8-6-5-7-9(8)4-2;6-5-3-1-2-4-5;/h5-7H,3-4H2,1-2H3;1-4H;/q-1;-5;. The Balaban J connectivity index is 0.000000283. The van der Waals surface area contributed by atoms with Crippen LogP contribution in [-0.2, 0) is 29.9 Å². The van der Waals surface area contributed by atoms with Crippen molar-refractivity contribution in [3.8, 4) is 0 Å². The second kappa shape index (κ2) is 8.81. The van der Waals surface area contributed by atoms with E-state index in [0.717, 1.165) is 4.47 Å². The van der Waals surface area contributed by atoms with Crippen molar-refractivity contribution < 1.29 is 17.1 Å². The average molecular weight is 321 g/mol. The van der Waals surface area contributed by atoms with Gasteiger partial charge in [0.05, 0.1) is 0 Å². The fourth-order valence-electron chi connectivity index (χ4n) is 1.53. The second-order valence-corrected chi connectivity index (χ2v) is 4.30. The van der Waals surface area contributed by atoms with E-state index in [2.05, 4.69) is 48.0 Å². The fourth-order valence-corrected chi connectivity index (χ4v) is 1.84. The monoisotopic (exact) mass is 320 g/mol. The van der Waals surface area contributed by atoms with Crippen LogP contribution in [0.25, 0.3) is 0 Å². The maximum absolute atomic E-state index is 3.28. The van der Waals surface area contributed by atoms with Gasteiger partial charge in [-0.15, -0.1) is 0 Å². The number of hydrogen-bond donors (Lipinski definition) is 0. The summed E-state index contributed by atoms with van der Waals surface area (Å²) >= 11 is 3.28. The van der Waals surface area contributed by atoms with Crippen molar-refractivity contribution in [1.29, 1.82) is 0 Å². The van der Waals surface area contributed by atoms with Crippen LogP contribution in [0.1, 0.15) is 25.0 Å². The number of hydrogen-bond acceptors (Lipinski definition) is 0. The Labute approximate surface area is 117 Å². The van der Waals surface area contributed by atoms with E-state index in [1.54, 1.807) is 0 Å². The van der Waals surface area contributed by atoms with Crippen molar-refractivity contribution in [1.82, 2.24) is 0 Å². The molecule has 0 nitrogen and oxygen atoms in total. The second-order valence-electron chi connectivity index (χ2n) is 3.39. The van der Waals surface area contributed by atoms with Gasteiger partial charge in [-0.25, -0.2) is 12.1 Å². The van der Waals surface area contributed by atoms with Gasteiger partial charge in [-0.05, 0) is 0 Å². The smallest absolute Gasteiger partial charge is 0 e. The summed E-state index contributed by atoms with van der Waals surface area (Å²) < 4.78 is 1.16. The summed E-state index contributed by atoms with van der Waals surface area (Å²) in [7, 11) is 0. The van der Waals surface area contributed by atoms with Gasteiger partial charge in [0.1, 0.15) is 0 Å². The van der Waals surface area contributed by atoms with Crippen LogP contribution in [0.3, 0.4) is 0 Å². The molecule has 2 heteroatoms. The molecule has 0 unspecified atom stereocenters. The van der Waals surface area contributed by atoms with E-state index >= 15 is 0 Å². The van der Waals surface area contributed by atoms with Gasteiger partial charge >= 0.3 is 0 Å². The van der Waals surface area contributed by atoms with Crippen LogP contribution in [0.2, 0.25) is 0 Å². The third-order valence-electron chi connectivity index (χ3n) is 2.39. The summed E-state index contributed by atoms with van der Waals surface area (Å²) in [5.74, 6) is 0. The summed E-state index contributed by atoms with van der Waals surface area (Å²) in [4.78, 5) is 0. The van der Waals surface area contributed by atoms with Crippen LogP contribution >= 0.6 is 15.9 Å². The van der Waals surface area contributed by atoms with Crippen LogP contribution in [0.15, 0.2) is 46.9 Å². The molecule has 0 aliphatic heterocycles. The minimum atomic E-state index is 0. The van der Waals surface area contributed by atoms with Gasteiger partial charge in [-0.3, -0.25) is 0 Å². The van der Waals surface area contributed by atoms with Gasteiger partial charge in [0.25, 0.3) is 0 Å². The first kappa shape index (κ1) is 15.7. The van der Waals surface area contributed by atoms with Crippen molar-refractivity contribution in [2.24, 2.45) is 0 Å². The predicted octanol–water partition coefficient (Wildman–Crippen LogP) is 4.70. The molecule has 94 valence electrons. The first-order chi connectivity index (χ1) is 7.27. The zero-order chi connectivity index (χ0) is 11.1. The number of aryl methyl sites for hydroxylation is 2. The molecule has 0 aromatic heterocycles. The number of halogens is 1. The van der Waals surface area contributed by atoms with Crippen molar-refractivity contribution in [3.05, 3.63) is 58.1 Å². The summed E-state index contributed by atoms with van der Waals surface area (Å²) in [6, 6.07) is 14.5. The van der Waals surface area contributed by atoms with E-state index in [1.165, 1.54) is 24.0 Å². The molecule has 0 amide bonds. The van der Waals surface area contributed by atoms with Crippen LogP contribution in [-0.4, -0.2) is 0 Å². The van der Waals surface area contributed by atoms with Gasteiger partial charge in [-0.1, -0.05) is 26.7 Å². The van der Waals surface area contributed by atoms with Crippen LogP contribution in [0.5, 0.6) is 0 Å². The first-order valence-electron chi connectivity index (χ1n) is 5.38. The Kier molecular flexibility index (Phi) is 8.64. The molecule has 0 saturated heterocycles. The molecule has 2 aromatic rings. The molecule has 2 rings (SSSR count). The van der Waals surface area contributed by atoms with Crippen molar-refractivity contribution in [3.63, 3.8) is 0 Å². The Morgan fingerprint density at radius 1 is 1.25 bits per heavy atom. The largest absolute Gasteiger partial charge is 0.747 e. The summed E-state index contributed by atoms with van der Waals surface area (Å²) in [5.41, 5.74) is 3.02. The van der Waals surface area contributed by atoms with Gasteiger partial charge in [0.2, 0.25) is 0 Å². The van der Waals surface area contributed by atoms with Gasteiger partial charge < -0.3 is 44.7 Å². The average Bonchev–Trinajstić information content (AvgIpc) is 2.88. The molecule has 0 atom stereocenters. The maximum atomic E-state index is 3.28. The Morgan fingerprint density at radius 2 is 1.88 bits per heavy atom. The molecular formula is C14H17BrFe-6. The van der Waals surface area contributed by atoms with E-state index < -0.39 is 0 Å². The Hall–Kier alpha value is -0.301. The van der Waals surface area contributed by atoms with Crippen LogP contribution in [0, 0.1) is 0 Å². The molecular weight excluding hydrogens is 304 g/mol. The molecule has 0 saturated carbocycles. The third kappa shape index (κ3) is 5.16. The topological polar surface area (TPSA) is 0 Å². The van der Waals surface area contributed by atoms with Crippen molar-refractivity contribution in [2.75, 3.05) is 0 Å². The molecule has 0 spiro atoms. The molecule has 0 fully saturated rings. The molecule has 0 radical (unpaired) electrons. The van der Waals surface area contributed by atoms with Gasteiger partial charge in [-0.2, -0.15) is 17.2 Å². The SMILES string of the molecule is Br[c-]1[cH-][cH-][cH-][cH-]1.CCc1ccc[c-]1CC.[Fe]. The molecule has 0 bridgehead atoms. The fraction of sp³-hybridized carbons (Fsp3) is 0.286. The third-order valence-corrected chi connectivity index (χ3v) is 2.92. The Bertz CT molecular complexity index is 341. The molecule has 0 aliphatic carbocycles. The quantitative estimate of drug-likeness (QED) is 0.556. The first-order valence-corrected chi connectivity index (χ1v) is 6.17. The van der Waals surface area contributed by atoms with Crippen molar-refractivity contribution in [2.45, 2.75) is 26.7 Å². The summed E-state index contributed by atoms with van der Waals surface area (Å²) in [6.45, 7) is 4.41. The van der Waals surface area contributed by atoms with E-state index in [9.17, 15) is 0 Å². The van der Waals surface area contributed by atoms with Gasteiger partial charge in [0.15, 0.2) is 0 Å². The maximum Gasteiger partial charge on any atom is 0 e. The normalized spacial score (nSPS) is 8.94. The number of rotatable bonds is 2. The van der Waals surface area contributed by atoms with E-state index in [1.807, 2.05) is 24.3 Å². The van der Waals surface area contributed by atoms with E-state index in [-0.39, 0.29) is 17.1 Å². The van der Waals surface area contributed by atoms with Gasteiger partial charge in [0, 0.05) is 17.1 Å². The molecule has 16 heavy (non-hydrogen) atoms. The predicted molar refractivity (Wildman–Crippen MR) is 70.5 cm³/mol. The molecule has 2 aromatic carbocycles. The molecule has 0 N–H and O–H groups in total. The molecule has 0 aliphatic rings. The zero-order valence-corrected chi connectivity index (χ0v) is 12.4.